The second kappa shape index (κ2) is 6.50. The van der Waals surface area contributed by atoms with Gasteiger partial charge in [-0.25, -0.2) is 0 Å². The van der Waals surface area contributed by atoms with Crippen molar-refractivity contribution in [1.82, 2.24) is 9.88 Å². The van der Waals surface area contributed by atoms with Crippen molar-refractivity contribution in [1.29, 1.82) is 0 Å². The first kappa shape index (κ1) is 13.0. The molecule has 18 heavy (non-hydrogen) atoms. The van der Waals surface area contributed by atoms with Gasteiger partial charge in [0.25, 0.3) is 0 Å². The topological polar surface area (TPSA) is 59.2 Å². The molecule has 2 N–H and O–H groups in total. The number of rotatable bonds is 5. The van der Waals surface area contributed by atoms with Crippen LogP contribution in [0.15, 0.2) is 24.5 Å². The number of aromatic nitrogens is 1. The van der Waals surface area contributed by atoms with Gasteiger partial charge in [0.1, 0.15) is 0 Å². The molecular weight excluding hydrogens is 226 g/mol. The minimum atomic E-state index is 0.174. The molecule has 1 amide bonds. The third-order valence-electron chi connectivity index (χ3n) is 3.52. The van der Waals surface area contributed by atoms with Gasteiger partial charge in [0, 0.05) is 37.9 Å². The highest BCUT2D eigenvalue weighted by atomic mass is 16.2. The van der Waals surface area contributed by atoms with Crippen LogP contribution in [0.5, 0.6) is 0 Å². The fraction of sp³-hybridized carbons (Fsp3) is 0.571. The number of nitrogens with two attached hydrogens (primary N) is 1. The van der Waals surface area contributed by atoms with E-state index in [-0.39, 0.29) is 5.91 Å². The third-order valence-corrected chi connectivity index (χ3v) is 3.52. The van der Waals surface area contributed by atoms with Gasteiger partial charge in [0.15, 0.2) is 0 Å². The SMILES string of the molecule is NCCC(=O)N(Cc1cccnc1)C1CCCC1. The van der Waals surface area contributed by atoms with E-state index in [1.807, 2.05) is 23.2 Å². The summed E-state index contributed by atoms with van der Waals surface area (Å²) >= 11 is 0. The summed E-state index contributed by atoms with van der Waals surface area (Å²) in [5.41, 5.74) is 6.59. The van der Waals surface area contributed by atoms with Crippen molar-refractivity contribution in [3.63, 3.8) is 0 Å². The lowest BCUT2D eigenvalue weighted by Crippen LogP contribution is -2.39. The Bertz CT molecular complexity index is 374. The fourth-order valence-electron chi connectivity index (χ4n) is 2.59. The molecule has 4 heteroatoms. The summed E-state index contributed by atoms with van der Waals surface area (Å²) in [5.74, 6) is 0.174. The molecule has 0 saturated heterocycles. The van der Waals surface area contributed by atoms with Crippen molar-refractivity contribution in [3.8, 4) is 0 Å². The number of nitrogens with zero attached hydrogens (tertiary/aromatic N) is 2. The van der Waals surface area contributed by atoms with Crippen molar-refractivity contribution in [2.75, 3.05) is 6.54 Å². The standard InChI is InChI=1S/C14H21N3O/c15-8-7-14(18)17(13-5-1-2-6-13)11-12-4-3-9-16-10-12/h3-4,9-10,13H,1-2,5-8,11,15H2. The van der Waals surface area contributed by atoms with Crippen LogP contribution in [0, 0.1) is 0 Å². The van der Waals surface area contributed by atoms with Crippen LogP contribution in [0.1, 0.15) is 37.7 Å². The Morgan fingerprint density at radius 2 is 2.22 bits per heavy atom. The summed E-state index contributed by atoms with van der Waals surface area (Å²) in [6, 6.07) is 4.32. The highest BCUT2D eigenvalue weighted by Crippen LogP contribution is 2.25. The van der Waals surface area contributed by atoms with Gasteiger partial charge in [0.05, 0.1) is 0 Å². The lowest BCUT2D eigenvalue weighted by Gasteiger charge is -2.29. The minimum absolute atomic E-state index is 0.174. The van der Waals surface area contributed by atoms with Gasteiger partial charge in [-0.3, -0.25) is 9.78 Å². The van der Waals surface area contributed by atoms with Gasteiger partial charge in [-0.1, -0.05) is 18.9 Å². The zero-order valence-corrected chi connectivity index (χ0v) is 10.7. The van der Waals surface area contributed by atoms with Crippen molar-refractivity contribution in [3.05, 3.63) is 30.1 Å². The fourth-order valence-corrected chi connectivity index (χ4v) is 2.59. The molecule has 1 aliphatic rings. The first-order chi connectivity index (χ1) is 8.81. The number of amides is 1. The largest absolute Gasteiger partial charge is 0.335 e. The zero-order valence-electron chi connectivity index (χ0n) is 10.7. The molecule has 4 nitrogen and oxygen atoms in total. The Morgan fingerprint density at radius 3 is 2.83 bits per heavy atom. The van der Waals surface area contributed by atoms with Crippen molar-refractivity contribution in [2.24, 2.45) is 5.73 Å². The Kier molecular flexibility index (Phi) is 4.70. The van der Waals surface area contributed by atoms with Gasteiger partial charge in [-0.15, -0.1) is 0 Å². The summed E-state index contributed by atoms with van der Waals surface area (Å²) in [7, 11) is 0. The first-order valence-electron chi connectivity index (χ1n) is 6.69. The number of carbonyl (C=O) groups excluding carboxylic acids is 1. The van der Waals surface area contributed by atoms with Crippen LogP contribution in [0.4, 0.5) is 0 Å². The van der Waals surface area contributed by atoms with E-state index >= 15 is 0 Å². The normalized spacial score (nSPS) is 15.8. The molecule has 0 bridgehead atoms. The average Bonchev–Trinajstić information content (AvgIpc) is 2.91. The second-order valence-electron chi connectivity index (χ2n) is 4.86. The van der Waals surface area contributed by atoms with Crippen LogP contribution >= 0.6 is 0 Å². The summed E-state index contributed by atoms with van der Waals surface area (Å²) < 4.78 is 0. The molecule has 0 atom stereocenters. The first-order valence-corrected chi connectivity index (χ1v) is 6.69. The third kappa shape index (κ3) is 3.29. The highest BCUT2D eigenvalue weighted by molar-refractivity contribution is 5.76. The maximum Gasteiger partial charge on any atom is 0.224 e. The van der Waals surface area contributed by atoms with Gasteiger partial charge in [0.2, 0.25) is 5.91 Å². The lowest BCUT2D eigenvalue weighted by molar-refractivity contribution is -0.133. The molecule has 98 valence electrons. The molecule has 1 saturated carbocycles. The second-order valence-corrected chi connectivity index (χ2v) is 4.86. The molecule has 0 unspecified atom stereocenters. The number of hydrogen-bond donors (Lipinski definition) is 1. The summed E-state index contributed by atoms with van der Waals surface area (Å²) in [6.07, 6.45) is 8.72. The van der Waals surface area contributed by atoms with Crippen LogP contribution in [0.2, 0.25) is 0 Å². The van der Waals surface area contributed by atoms with Crippen LogP contribution < -0.4 is 5.73 Å². The van der Waals surface area contributed by atoms with Crippen LogP contribution in [0.25, 0.3) is 0 Å². The van der Waals surface area contributed by atoms with Crippen LogP contribution in [0.3, 0.4) is 0 Å². The Morgan fingerprint density at radius 1 is 1.44 bits per heavy atom. The molecule has 0 aromatic carbocycles. The molecule has 0 radical (unpaired) electrons. The minimum Gasteiger partial charge on any atom is -0.335 e. The van der Waals surface area contributed by atoms with Gasteiger partial charge < -0.3 is 10.6 Å². The molecule has 1 aliphatic carbocycles. The van der Waals surface area contributed by atoms with Crippen molar-refractivity contribution < 1.29 is 4.79 Å². The van der Waals surface area contributed by atoms with Crippen LogP contribution in [-0.2, 0) is 11.3 Å². The van der Waals surface area contributed by atoms with E-state index in [4.69, 9.17) is 5.73 Å². The predicted molar refractivity (Wildman–Crippen MR) is 70.7 cm³/mol. The number of pyridine rings is 1. The van der Waals surface area contributed by atoms with Crippen LogP contribution in [-0.4, -0.2) is 28.4 Å². The number of hydrogen-bond acceptors (Lipinski definition) is 3. The summed E-state index contributed by atoms with van der Waals surface area (Å²) in [6.45, 7) is 1.09. The summed E-state index contributed by atoms with van der Waals surface area (Å²) in [5, 5.41) is 0. The lowest BCUT2D eigenvalue weighted by atomic mass is 10.1. The van der Waals surface area contributed by atoms with Gasteiger partial charge in [-0.2, -0.15) is 0 Å². The average molecular weight is 247 g/mol. The molecule has 1 fully saturated rings. The number of carbonyl (C=O) groups is 1. The van der Waals surface area contributed by atoms with E-state index in [0.717, 1.165) is 18.4 Å². The molecule has 1 aromatic rings. The van der Waals surface area contributed by atoms with Gasteiger partial charge >= 0.3 is 0 Å². The van der Waals surface area contributed by atoms with E-state index < -0.39 is 0 Å². The Hall–Kier alpha value is -1.42. The molecule has 2 rings (SSSR count). The molecular formula is C14H21N3O. The molecule has 1 aromatic heterocycles. The monoisotopic (exact) mass is 247 g/mol. The Labute approximate surface area is 108 Å². The van der Waals surface area contributed by atoms with E-state index in [2.05, 4.69) is 4.98 Å². The van der Waals surface area contributed by atoms with E-state index in [1.165, 1.54) is 12.8 Å². The van der Waals surface area contributed by atoms with Crippen molar-refractivity contribution >= 4 is 5.91 Å². The van der Waals surface area contributed by atoms with Gasteiger partial charge in [-0.05, 0) is 24.5 Å². The van der Waals surface area contributed by atoms with E-state index in [1.54, 1.807) is 6.20 Å². The maximum absolute atomic E-state index is 12.2. The van der Waals surface area contributed by atoms with E-state index in [0.29, 0.717) is 25.6 Å². The quantitative estimate of drug-likeness (QED) is 0.861. The molecule has 0 spiro atoms. The highest BCUT2D eigenvalue weighted by Gasteiger charge is 2.26. The zero-order chi connectivity index (χ0) is 12.8. The smallest absolute Gasteiger partial charge is 0.224 e. The molecule has 0 aliphatic heterocycles. The van der Waals surface area contributed by atoms with Crippen molar-refractivity contribution in [2.45, 2.75) is 44.7 Å². The predicted octanol–water partition coefficient (Wildman–Crippen LogP) is 1.70. The molecule has 1 heterocycles. The maximum atomic E-state index is 12.2. The summed E-state index contributed by atoms with van der Waals surface area (Å²) in [4.78, 5) is 18.3. The Balaban J connectivity index is 2.06. The van der Waals surface area contributed by atoms with E-state index in [9.17, 15) is 4.79 Å².